The SMILES string of the molecule is Cc1ccccc1[C@@H]1CN([C@@H]2CCOc3cc(F)c(F)cc32)CCN1C1CC2(CCN(c3ccc(C(=O)NS(=O)(=O)c4ccc(NCC5CCC(C)(O)CC5)c([N+](=O)[O-])c4)c(N4c5cc6cc[nH]c6nc5O[C@H]5COCC[C@@H]54)c3)CC2)C1. The zero-order valence-electron chi connectivity index (χ0n) is 46.1. The fourth-order valence-corrected chi connectivity index (χ4v) is 15.4. The molecule has 82 heavy (non-hydrogen) atoms. The highest BCUT2D eigenvalue weighted by atomic mass is 32.2. The van der Waals surface area contributed by atoms with E-state index >= 15 is 0 Å². The normalized spacial score (nSPS) is 25.7. The number of hydrogen-bond acceptors (Lipinski definition) is 15. The summed E-state index contributed by atoms with van der Waals surface area (Å²) in [6.07, 6.45) is 9.32. The second-order valence-corrected chi connectivity index (χ2v) is 25.9. The molecule has 7 aliphatic rings. The van der Waals surface area contributed by atoms with Gasteiger partial charge in [0.15, 0.2) is 11.6 Å². The summed E-state index contributed by atoms with van der Waals surface area (Å²) in [4.78, 5) is 43.7. The molecule has 5 fully saturated rings. The number of sulfonamides is 1. The number of aromatic nitrogens is 2. The molecule has 4 aromatic carbocycles. The molecule has 6 aromatic rings. The van der Waals surface area contributed by atoms with Crippen LogP contribution in [-0.2, 0) is 14.8 Å². The monoisotopic (exact) mass is 1140 g/mol. The van der Waals surface area contributed by atoms with Crippen LogP contribution in [-0.4, -0.2) is 127 Å². The fourth-order valence-electron chi connectivity index (χ4n) is 14.4. The van der Waals surface area contributed by atoms with Crippen LogP contribution >= 0.6 is 0 Å². The molecule has 2 saturated carbocycles. The van der Waals surface area contributed by atoms with Crippen molar-refractivity contribution in [1.82, 2.24) is 24.5 Å². The van der Waals surface area contributed by atoms with Crippen molar-refractivity contribution >= 4 is 55.4 Å². The lowest BCUT2D eigenvalue weighted by molar-refractivity contribution is -0.384. The van der Waals surface area contributed by atoms with E-state index in [0.717, 1.165) is 88.4 Å². The molecule has 21 heteroatoms. The van der Waals surface area contributed by atoms with Gasteiger partial charge in [-0.3, -0.25) is 24.7 Å². The lowest BCUT2D eigenvalue weighted by Crippen LogP contribution is -2.60. The molecule has 2 aromatic heterocycles. The van der Waals surface area contributed by atoms with Crippen LogP contribution in [0.4, 0.5) is 37.2 Å². The number of halogens is 2. The molecule has 4 atom stereocenters. The number of aromatic amines is 1. The topological polar surface area (TPSA) is 208 Å². The molecule has 432 valence electrons. The van der Waals surface area contributed by atoms with Crippen molar-refractivity contribution in [1.29, 1.82) is 0 Å². The number of benzene rings is 4. The molecule has 18 nitrogen and oxygen atoms in total. The van der Waals surface area contributed by atoms with Gasteiger partial charge < -0.3 is 39.4 Å². The summed E-state index contributed by atoms with van der Waals surface area (Å²) in [7, 11) is -4.66. The summed E-state index contributed by atoms with van der Waals surface area (Å²) in [5, 5.41) is 26.8. The summed E-state index contributed by atoms with van der Waals surface area (Å²) in [5.41, 5.74) is 4.99. The Hall–Kier alpha value is -6.91. The van der Waals surface area contributed by atoms with Gasteiger partial charge in [0.25, 0.3) is 21.6 Å². The Labute approximate surface area is 475 Å². The van der Waals surface area contributed by atoms with Crippen LogP contribution in [0.3, 0.4) is 0 Å². The van der Waals surface area contributed by atoms with Gasteiger partial charge in [-0.15, -0.1) is 0 Å². The van der Waals surface area contributed by atoms with Crippen LogP contribution in [0.1, 0.15) is 110 Å². The third-order valence-corrected chi connectivity index (χ3v) is 20.4. The molecule has 3 saturated heterocycles. The Morgan fingerprint density at radius 1 is 0.890 bits per heavy atom. The average molecular weight is 1140 g/mol. The van der Waals surface area contributed by atoms with Crippen LogP contribution in [0, 0.1) is 40.0 Å². The number of rotatable bonds is 12. The number of piperidine rings is 1. The molecular weight excluding hydrogens is 1070 g/mol. The second-order valence-electron chi connectivity index (χ2n) is 24.2. The van der Waals surface area contributed by atoms with Gasteiger partial charge in [0.2, 0.25) is 5.88 Å². The smallest absolute Gasteiger partial charge is 0.293 e. The molecule has 1 spiro atoms. The Morgan fingerprint density at radius 3 is 2.48 bits per heavy atom. The number of anilines is 4. The Kier molecular flexibility index (Phi) is 14.2. The number of nitrogens with zero attached hydrogens (tertiary/aromatic N) is 6. The standard InChI is InChI=1S/C61H69F2N9O9S/c1-37-5-3-4-6-43(37)54-35-69(49-15-26-80-55-31-47(63)46(62)30-45(49)55)23-24-70(54)41-32-61(33-41)18-21-68(22-19-61)40-7-9-44(51(28-40)71-50-14-25-79-36-56(50)81-59-53(71)27-39-13-20-64-57(39)66-59)58(73)67-82(77,78)42-8-10-48(52(29-42)72(75)76)65-34-38-11-16-60(2,74)17-12-38/h3-10,13,20,27-31,38,41,49-50,54,56,65,74H,11-12,14-19,21-26,32-36H2,1-2H3,(H,64,66)(H,67,73)/t38?,49-,50+,54+,56+,60?/m1/s1. The number of fused-ring (bicyclic) bond motifs is 4. The first-order valence-corrected chi connectivity index (χ1v) is 30.4. The maximum atomic E-state index is 14.8. The highest BCUT2D eigenvalue weighted by Gasteiger charge is 2.51. The Balaban J connectivity index is 0.756. The van der Waals surface area contributed by atoms with Gasteiger partial charge in [-0.2, -0.15) is 4.98 Å². The third-order valence-electron chi connectivity index (χ3n) is 19.1. The van der Waals surface area contributed by atoms with Gasteiger partial charge in [-0.05, 0) is 143 Å². The van der Waals surface area contributed by atoms with E-state index < -0.39 is 54.8 Å². The van der Waals surface area contributed by atoms with Crippen molar-refractivity contribution in [3.63, 3.8) is 0 Å². The zero-order valence-corrected chi connectivity index (χ0v) is 46.9. The lowest BCUT2D eigenvalue weighted by atomic mass is 9.59. The second kappa shape index (κ2) is 21.4. The van der Waals surface area contributed by atoms with Crippen LogP contribution in [0.15, 0.2) is 96.0 Å². The van der Waals surface area contributed by atoms with E-state index in [-0.39, 0.29) is 47.3 Å². The van der Waals surface area contributed by atoms with Gasteiger partial charge in [0, 0.05) is 105 Å². The van der Waals surface area contributed by atoms with Gasteiger partial charge in [0.05, 0.1) is 45.9 Å². The number of hydrogen-bond donors (Lipinski definition) is 4. The van der Waals surface area contributed by atoms with Gasteiger partial charge in [-0.25, -0.2) is 21.9 Å². The van der Waals surface area contributed by atoms with Gasteiger partial charge >= 0.3 is 0 Å². The summed E-state index contributed by atoms with van der Waals surface area (Å²) in [6.45, 7) is 9.45. The average Bonchev–Trinajstić information content (AvgIpc) is 2.85. The number of aryl methyl sites for hydroxylation is 1. The number of H-pyrrole nitrogens is 1. The van der Waals surface area contributed by atoms with Crippen molar-refractivity contribution < 1.29 is 46.2 Å². The molecule has 13 rings (SSSR count). The van der Waals surface area contributed by atoms with Crippen LogP contribution < -0.4 is 29.3 Å². The summed E-state index contributed by atoms with van der Waals surface area (Å²) in [6, 6.07) is 24.1. The molecule has 1 amide bonds. The van der Waals surface area contributed by atoms with Crippen molar-refractivity contribution in [2.75, 3.05) is 74.2 Å². The van der Waals surface area contributed by atoms with E-state index in [9.17, 15) is 37.2 Å². The van der Waals surface area contributed by atoms with Crippen LogP contribution in [0.25, 0.3) is 11.0 Å². The maximum Gasteiger partial charge on any atom is 0.293 e. The molecular formula is C61H69F2N9O9S. The van der Waals surface area contributed by atoms with E-state index in [1.165, 1.54) is 35.4 Å². The number of nitrogens with one attached hydrogen (secondary N) is 3. The number of ether oxygens (including phenoxy) is 3. The number of nitro groups is 1. The molecule has 5 aliphatic heterocycles. The van der Waals surface area contributed by atoms with E-state index in [1.54, 1.807) is 12.3 Å². The van der Waals surface area contributed by atoms with Crippen LogP contribution in [0.2, 0.25) is 0 Å². The highest BCUT2D eigenvalue weighted by molar-refractivity contribution is 7.90. The number of aliphatic hydroxyl groups is 1. The van der Waals surface area contributed by atoms with Crippen molar-refractivity contribution in [2.24, 2.45) is 11.3 Å². The third kappa shape index (κ3) is 10.3. The van der Waals surface area contributed by atoms with E-state index in [1.807, 2.05) is 31.2 Å². The number of carbonyl (C=O) groups excluding carboxylic acids is 1. The predicted molar refractivity (Wildman–Crippen MR) is 305 cm³/mol. The van der Waals surface area contributed by atoms with Gasteiger partial charge in [-0.1, -0.05) is 24.3 Å². The van der Waals surface area contributed by atoms with E-state index in [0.29, 0.717) is 85.7 Å². The first-order valence-electron chi connectivity index (χ1n) is 28.9. The largest absolute Gasteiger partial charge is 0.493 e. The first kappa shape index (κ1) is 54.3. The number of carbonyl (C=O) groups is 1. The maximum absolute atomic E-state index is 14.8. The summed E-state index contributed by atoms with van der Waals surface area (Å²) >= 11 is 0. The van der Waals surface area contributed by atoms with E-state index in [2.05, 4.69) is 65.8 Å². The van der Waals surface area contributed by atoms with Crippen molar-refractivity contribution in [3.05, 3.63) is 135 Å². The Morgan fingerprint density at radius 2 is 1.68 bits per heavy atom. The Bertz CT molecular complexity index is 3560. The fraction of sp³-hybridized carbons (Fsp3) is 0.475. The molecule has 2 aliphatic carbocycles. The summed E-state index contributed by atoms with van der Waals surface area (Å²) in [5.74, 6) is -1.73. The minimum Gasteiger partial charge on any atom is -0.493 e. The highest BCUT2D eigenvalue weighted by Crippen LogP contribution is 2.54. The van der Waals surface area contributed by atoms with Crippen molar-refractivity contribution in [3.8, 4) is 11.6 Å². The first-order chi connectivity index (χ1) is 39.5. The van der Waals surface area contributed by atoms with E-state index in [4.69, 9.17) is 19.2 Å². The number of nitro benzene ring substituents is 1. The molecule has 4 N–H and O–H groups in total. The predicted octanol–water partition coefficient (Wildman–Crippen LogP) is 9.85. The van der Waals surface area contributed by atoms with Gasteiger partial charge in [0.1, 0.15) is 28.9 Å². The summed E-state index contributed by atoms with van der Waals surface area (Å²) < 4.78 is 78.2. The minimum absolute atomic E-state index is 0.0829. The van der Waals surface area contributed by atoms with Crippen molar-refractivity contribution in [2.45, 2.75) is 119 Å². The molecule has 0 unspecified atom stereocenters. The molecule has 7 heterocycles. The number of piperazine rings is 1. The number of pyridine rings is 1. The molecule has 0 radical (unpaired) electrons. The molecule has 0 bridgehead atoms. The number of amides is 1. The zero-order chi connectivity index (χ0) is 56.7. The quantitative estimate of drug-likeness (QED) is 0.0664. The lowest BCUT2D eigenvalue weighted by Gasteiger charge is -2.59. The van der Waals surface area contributed by atoms with Crippen LogP contribution in [0.5, 0.6) is 11.6 Å². The minimum atomic E-state index is -4.66.